The first-order valence-electron chi connectivity index (χ1n) is 8.45. The van der Waals surface area contributed by atoms with E-state index in [1.54, 1.807) is 28.4 Å². The molecule has 0 saturated heterocycles. The Balaban J connectivity index is 1.36. The minimum Gasteiger partial charge on any atom is -0.359 e. The van der Waals surface area contributed by atoms with Gasteiger partial charge in [-0.15, -0.1) is 0 Å². The van der Waals surface area contributed by atoms with Crippen LogP contribution in [0, 0.1) is 5.82 Å². The molecule has 0 bridgehead atoms. The van der Waals surface area contributed by atoms with Gasteiger partial charge in [0, 0.05) is 25.3 Å². The number of fused-ring (bicyclic) bond motifs is 2. The van der Waals surface area contributed by atoms with Crippen molar-refractivity contribution in [2.45, 2.75) is 24.9 Å². The van der Waals surface area contributed by atoms with Gasteiger partial charge in [0.05, 0.1) is 15.7 Å². The first kappa shape index (κ1) is 15.5. The van der Waals surface area contributed by atoms with E-state index >= 15 is 0 Å². The Morgan fingerprint density at radius 1 is 1.31 bits per heavy atom. The number of rotatable bonds is 3. The Hall–Kier alpha value is -2.74. The van der Waals surface area contributed by atoms with Crippen molar-refractivity contribution >= 4 is 37.8 Å². The van der Waals surface area contributed by atoms with Gasteiger partial charge in [-0.05, 0) is 43.2 Å². The largest absolute Gasteiger partial charge is 0.359 e. The van der Waals surface area contributed by atoms with Gasteiger partial charge in [-0.1, -0.05) is 11.3 Å². The van der Waals surface area contributed by atoms with E-state index in [4.69, 9.17) is 0 Å². The van der Waals surface area contributed by atoms with E-state index in [2.05, 4.69) is 15.3 Å². The number of nitrogens with zero attached hydrogens (tertiary/aromatic N) is 4. The SMILES string of the molecule is Cn1c(=O)n(C2CC(Nc3nc4ccc(F)cc4s3)C2)c2ncccc21. The number of hydrogen-bond acceptors (Lipinski definition) is 5. The number of hydrogen-bond donors (Lipinski definition) is 1. The zero-order chi connectivity index (χ0) is 17.8. The number of anilines is 1. The van der Waals surface area contributed by atoms with Crippen molar-refractivity contribution in [3.63, 3.8) is 0 Å². The minimum absolute atomic E-state index is 0.0300. The van der Waals surface area contributed by atoms with Crippen molar-refractivity contribution < 1.29 is 4.39 Å². The third-order valence-corrected chi connectivity index (χ3v) is 5.95. The Labute approximate surface area is 151 Å². The van der Waals surface area contributed by atoms with Gasteiger partial charge >= 0.3 is 5.69 Å². The van der Waals surface area contributed by atoms with Crippen LogP contribution in [0.3, 0.4) is 0 Å². The van der Waals surface area contributed by atoms with Gasteiger partial charge in [-0.25, -0.2) is 19.2 Å². The topological polar surface area (TPSA) is 64.7 Å². The van der Waals surface area contributed by atoms with Gasteiger partial charge in [-0.2, -0.15) is 0 Å². The summed E-state index contributed by atoms with van der Waals surface area (Å²) in [5, 5.41) is 4.19. The Bertz CT molecular complexity index is 1190. The van der Waals surface area contributed by atoms with Crippen LogP contribution in [0.2, 0.25) is 0 Å². The summed E-state index contributed by atoms with van der Waals surface area (Å²) in [4.78, 5) is 21.4. The average molecular weight is 369 g/mol. The number of thiazole rings is 1. The van der Waals surface area contributed by atoms with Crippen LogP contribution in [-0.2, 0) is 7.05 Å². The fourth-order valence-corrected chi connectivity index (χ4v) is 4.54. The monoisotopic (exact) mass is 369 g/mol. The summed E-state index contributed by atoms with van der Waals surface area (Å²) < 4.78 is 17.6. The highest BCUT2D eigenvalue weighted by Crippen LogP contribution is 2.36. The van der Waals surface area contributed by atoms with Gasteiger partial charge in [0.15, 0.2) is 10.8 Å². The number of benzene rings is 1. The molecule has 1 aliphatic carbocycles. The summed E-state index contributed by atoms with van der Waals surface area (Å²) >= 11 is 1.45. The molecule has 26 heavy (non-hydrogen) atoms. The number of nitrogens with one attached hydrogen (secondary N) is 1. The lowest BCUT2D eigenvalue weighted by atomic mass is 9.86. The van der Waals surface area contributed by atoms with Crippen molar-refractivity contribution in [2.24, 2.45) is 7.05 Å². The van der Waals surface area contributed by atoms with Crippen molar-refractivity contribution in [2.75, 3.05) is 5.32 Å². The maximum Gasteiger partial charge on any atom is 0.330 e. The summed E-state index contributed by atoms with van der Waals surface area (Å²) in [6.07, 6.45) is 3.38. The second-order valence-corrected chi connectivity index (χ2v) is 7.69. The molecular formula is C18H16FN5OS. The molecule has 0 spiro atoms. The fourth-order valence-electron chi connectivity index (χ4n) is 3.57. The second-order valence-electron chi connectivity index (χ2n) is 6.66. The molecule has 1 N–H and O–H groups in total. The lowest BCUT2D eigenvalue weighted by molar-refractivity contribution is 0.280. The highest BCUT2D eigenvalue weighted by atomic mass is 32.1. The molecule has 0 atom stereocenters. The first-order chi connectivity index (χ1) is 12.6. The van der Waals surface area contributed by atoms with Crippen LogP contribution in [0.5, 0.6) is 0 Å². The maximum absolute atomic E-state index is 13.3. The zero-order valence-electron chi connectivity index (χ0n) is 14.0. The number of aromatic nitrogens is 4. The van der Waals surface area contributed by atoms with E-state index < -0.39 is 0 Å². The van der Waals surface area contributed by atoms with E-state index in [1.165, 1.54) is 23.5 Å². The van der Waals surface area contributed by atoms with E-state index in [-0.39, 0.29) is 23.6 Å². The molecule has 1 saturated carbocycles. The van der Waals surface area contributed by atoms with E-state index in [0.717, 1.165) is 39.4 Å². The lowest BCUT2D eigenvalue weighted by Gasteiger charge is -2.36. The quantitative estimate of drug-likeness (QED) is 0.602. The molecule has 6 nitrogen and oxygen atoms in total. The van der Waals surface area contributed by atoms with E-state index in [0.29, 0.717) is 0 Å². The molecule has 1 aromatic carbocycles. The summed E-state index contributed by atoms with van der Waals surface area (Å²) in [6.45, 7) is 0. The Morgan fingerprint density at radius 2 is 2.15 bits per heavy atom. The first-order valence-corrected chi connectivity index (χ1v) is 9.26. The molecule has 1 aliphatic rings. The molecule has 0 aliphatic heterocycles. The van der Waals surface area contributed by atoms with Gasteiger partial charge in [0.1, 0.15) is 5.82 Å². The maximum atomic E-state index is 13.3. The van der Waals surface area contributed by atoms with E-state index in [9.17, 15) is 9.18 Å². The van der Waals surface area contributed by atoms with Gasteiger partial charge in [0.25, 0.3) is 0 Å². The lowest BCUT2D eigenvalue weighted by Crippen LogP contribution is -2.40. The smallest absolute Gasteiger partial charge is 0.330 e. The standard InChI is InChI=1S/C18H16FN5OS/c1-23-14-3-2-6-20-16(14)24(18(23)25)12-8-11(9-12)21-17-22-13-5-4-10(19)7-15(13)26-17/h2-7,11-12H,8-9H2,1H3,(H,21,22). The molecule has 0 unspecified atom stereocenters. The third kappa shape index (κ3) is 2.33. The normalized spacial score (nSPS) is 19.8. The number of imidazole rings is 1. The van der Waals surface area contributed by atoms with Crippen LogP contribution in [-0.4, -0.2) is 25.1 Å². The summed E-state index contributed by atoms with van der Waals surface area (Å²) in [7, 11) is 1.78. The molecule has 8 heteroatoms. The van der Waals surface area contributed by atoms with Crippen LogP contribution in [0.25, 0.3) is 21.4 Å². The van der Waals surface area contributed by atoms with Crippen LogP contribution in [0.4, 0.5) is 9.52 Å². The van der Waals surface area contributed by atoms with Crippen LogP contribution >= 0.6 is 11.3 Å². The molecule has 0 radical (unpaired) electrons. The van der Waals surface area contributed by atoms with Crippen molar-refractivity contribution in [3.05, 3.63) is 52.8 Å². The summed E-state index contributed by atoms with van der Waals surface area (Å²) in [5.41, 5.74) is 2.35. The molecule has 3 heterocycles. The van der Waals surface area contributed by atoms with Crippen LogP contribution < -0.4 is 11.0 Å². The van der Waals surface area contributed by atoms with Gasteiger partial charge in [0.2, 0.25) is 0 Å². The Kier molecular flexibility index (Phi) is 3.36. The van der Waals surface area contributed by atoms with Crippen LogP contribution in [0.15, 0.2) is 41.3 Å². The fraction of sp³-hybridized carbons (Fsp3) is 0.278. The second kappa shape index (κ2) is 5.63. The van der Waals surface area contributed by atoms with Crippen LogP contribution in [0.1, 0.15) is 18.9 Å². The summed E-state index contributed by atoms with van der Waals surface area (Å²) in [6, 6.07) is 8.75. The predicted molar refractivity (Wildman–Crippen MR) is 100 cm³/mol. The molecule has 4 aromatic rings. The predicted octanol–water partition coefficient (Wildman–Crippen LogP) is 3.30. The number of aryl methyl sites for hydroxylation is 1. The average Bonchev–Trinajstić information content (AvgIpc) is 3.10. The molecular weight excluding hydrogens is 353 g/mol. The molecule has 0 amide bonds. The number of halogens is 1. The summed E-state index contributed by atoms with van der Waals surface area (Å²) in [5.74, 6) is -0.251. The molecule has 132 valence electrons. The van der Waals surface area contributed by atoms with Crippen molar-refractivity contribution in [1.29, 1.82) is 0 Å². The van der Waals surface area contributed by atoms with Gasteiger partial charge in [-0.3, -0.25) is 9.13 Å². The molecule has 1 fully saturated rings. The highest BCUT2D eigenvalue weighted by Gasteiger charge is 2.34. The minimum atomic E-state index is -0.251. The van der Waals surface area contributed by atoms with Gasteiger partial charge < -0.3 is 5.32 Å². The molecule has 5 rings (SSSR count). The molecule has 3 aromatic heterocycles. The van der Waals surface area contributed by atoms with Crippen molar-refractivity contribution in [3.8, 4) is 0 Å². The highest BCUT2D eigenvalue weighted by molar-refractivity contribution is 7.22. The number of pyridine rings is 1. The third-order valence-electron chi connectivity index (χ3n) is 5.01. The van der Waals surface area contributed by atoms with Crippen molar-refractivity contribution in [1.82, 2.24) is 19.1 Å². The zero-order valence-corrected chi connectivity index (χ0v) is 14.8. The van der Waals surface area contributed by atoms with E-state index in [1.807, 2.05) is 12.1 Å². The Morgan fingerprint density at radius 3 is 3.00 bits per heavy atom.